The van der Waals surface area contributed by atoms with Gasteiger partial charge in [-0.3, -0.25) is 9.59 Å². The number of hydrogen-bond donors (Lipinski definition) is 4. The van der Waals surface area contributed by atoms with E-state index in [0.717, 1.165) is 33.6 Å². The number of fused-ring (bicyclic) bond motifs is 1. The van der Waals surface area contributed by atoms with E-state index in [-0.39, 0.29) is 18.2 Å². The summed E-state index contributed by atoms with van der Waals surface area (Å²) in [6.45, 7) is 1.83. The first-order chi connectivity index (χ1) is 13.5. The highest BCUT2D eigenvalue weighted by Gasteiger charge is 2.22. The zero-order valence-corrected chi connectivity index (χ0v) is 15.8. The molecule has 28 heavy (non-hydrogen) atoms. The first kappa shape index (κ1) is 17.9. The molecule has 0 bridgehead atoms. The number of rotatable bonds is 4. The molecule has 0 saturated heterocycles. The maximum Gasteiger partial charge on any atom is 0.275 e. The van der Waals surface area contributed by atoms with Gasteiger partial charge in [-0.1, -0.05) is 12.1 Å². The van der Waals surface area contributed by atoms with Crippen molar-refractivity contribution in [2.45, 2.75) is 13.3 Å². The van der Waals surface area contributed by atoms with E-state index in [2.05, 4.69) is 15.6 Å². The quantitative estimate of drug-likeness (QED) is 0.402. The van der Waals surface area contributed by atoms with Crippen LogP contribution >= 0.6 is 11.3 Å². The van der Waals surface area contributed by atoms with E-state index in [4.69, 9.17) is 11.1 Å². The number of nitrogen functional groups attached to an aromatic ring is 1. The Bertz CT molecular complexity index is 1140. The van der Waals surface area contributed by atoms with Gasteiger partial charge in [-0.15, -0.1) is 11.3 Å². The Morgan fingerprint density at radius 2 is 2.21 bits per heavy atom. The maximum absolute atomic E-state index is 12.5. The largest absolute Gasteiger partial charge is 0.398 e. The maximum atomic E-state index is 12.5. The lowest BCUT2D eigenvalue weighted by molar-refractivity contribution is -0.115. The van der Waals surface area contributed by atoms with Crippen molar-refractivity contribution in [2.75, 3.05) is 16.4 Å². The molecule has 0 atom stereocenters. The van der Waals surface area contributed by atoms with Gasteiger partial charge in [0.2, 0.25) is 5.91 Å². The van der Waals surface area contributed by atoms with Crippen molar-refractivity contribution in [3.8, 4) is 11.1 Å². The molecule has 0 radical (unpaired) electrons. The minimum Gasteiger partial charge on any atom is -0.398 e. The third-order valence-corrected chi connectivity index (χ3v) is 5.33. The zero-order chi connectivity index (χ0) is 19.8. The molecule has 2 heterocycles. The van der Waals surface area contributed by atoms with Crippen molar-refractivity contribution in [3.63, 3.8) is 0 Å². The fraction of sp³-hybridized carbons (Fsp3) is 0.100. The first-order valence-corrected chi connectivity index (χ1v) is 9.44. The summed E-state index contributed by atoms with van der Waals surface area (Å²) in [4.78, 5) is 28.5. The Morgan fingerprint density at radius 1 is 1.39 bits per heavy atom. The lowest BCUT2D eigenvalue weighted by Crippen LogP contribution is -2.14. The SMILES string of the molecule is Cc1nc(C(=O)Nc2cc(-c3cccc4c3CC(=O)N4)cc(N)c2C=N)cs1. The third-order valence-electron chi connectivity index (χ3n) is 4.55. The Kier molecular flexibility index (Phi) is 4.40. The topological polar surface area (TPSA) is 121 Å². The summed E-state index contributed by atoms with van der Waals surface area (Å²) in [6, 6.07) is 9.14. The molecular formula is C20H17N5O2S. The molecule has 2 amide bonds. The molecule has 2 aromatic carbocycles. The Labute approximate surface area is 165 Å². The summed E-state index contributed by atoms with van der Waals surface area (Å²) in [5.74, 6) is -0.418. The highest BCUT2D eigenvalue weighted by atomic mass is 32.1. The Morgan fingerprint density at radius 3 is 2.93 bits per heavy atom. The van der Waals surface area contributed by atoms with E-state index in [0.29, 0.717) is 22.6 Å². The summed E-state index contributed by atoms with van der Waals surface area (Å²) in [6.07, 6.45) is 1.40. The lowest BCUT2D eigenvalue weighted by Gasteiger charge is -2.14. The van der Waals surface area contributed by atoms with Crippen LogP contribution in [0, 0.1) is 12.3 Å². The fourth-order valence-electron chi connectivity index (χ4n) is 3.27. The summed E-state index contributed by atoms with van der Waals surface area (Å²) >= 11 is 1.39. The number of carbonyl (C=O) groups excluding carboxylic acids is 2. The van der Waals surface area contributed by atoms with Crippen LogP contribution in [0.4, 0.5) is 17.1 Å². The number of carbonyl (C=O) groups is 2. The molecule has 5 N–H and O–H groups in total. The average Bonchev–Trinajstić information content (AvgIpc) is 3.25. The highest BCUT2D eigenvalue weighted by Crippen LogP contribution is 2.36. The van der Waals surface area contributed by atoms with E-state index in [1.807, 2.05) is 25.1 Å². The van der Waals surface area contributed by atoms with Crippen LogP contribution in [0.25, 0.3) is 11.1 Å². The van der Waals surface area contributed by atoms with E-state index in [1.165, 1.54) is 11.3 Å². The number of anilines is 3. The molecule has 8 heteroatoms. The Balaban J connectivity index is 1.77. The van der Waals surface area contributed by atoms with Gasteiger partial charge in [0.1, 0.15) is 5.69 Å². The second-order valence-corrected chi connectivity index (χ2v) is 7.50. The van der Waals surface area contributed by atoms with Gasteiger partial charge in [0.25, 0.3) is 5.91 Å². The summed E-state index contributed by atoms with van der Waals surface area (Å²) in [5.41, 5.74) is 11.0. The van der Waals surface area contributed by atoms with Gasteiger partial charge in [0.15, 0.2) is 0 Å². The van der Waals surface area contributed by atoms with Crippen molar-refractivity contribution < 1.29 is 9.59 Å². The Hall–Kier alpha value is -3.52. The number of aryl methyl sites for hydroxylation is 1. The van der Waals surface area contributed by atoms with E-state index in [9.17, 15) is 9.59 Å². The number of thiazole rings is 1. The van der Waals surface area contributed by atoms with Crippen molar-refractivity contribution in [2.24, 2.45) is 0 Å². The van der Waals surface area contributed by atoms with Crippen LogP contribution in [0.5, 0.6) is 0 Å². The minimum atomic E-state index is -0.362. The third kappa shape index (κ3) is 3.14. The molecular weight excluding hydrogens is 374 g/mol. The highest BCUT2D eigenvalue weighted by molar-refractivity contribution is 7.09. The molecule has 0 unspecified atom stereocenters. The van der Waals surface area contributed by atoms with E-state index in [1.54, 1.807) is 17.5 Å². The molecule has 0 fully saturated rings. The van der Waals surface area contributed by atoms with Crippen molar-refractivity contribution in [1.29, 1.82) is 5.41 Å². The number of benzene rings is 2. The number of nitrogens with one attached hydrogen (secondary N) is 3. The van der Waals surface area contributed by atoms with Crippen molar-refractivity contribution >= 4 is 46.4 Å². The van der Waals surface area contributed by atoms with E-state index < -0.39 is 0 Å². The van der Waals surface area contributed by atoms with Crippen LogP contribution in [0.15, 0.2) is 35.7 Å². The zero-order valence-electron chi connectivity index (χ0n) is 15.0. The van der Waals surface area contributed by atoms with Gasteiger partial charge in [0.05, 0.1) is 17.1 Å². The number of amides is 2. The molecule has 1 aliphatic rings. The molecule has 3 aromatic rings. The molecule has 1 aromatic heterocycles. The van der Waals surface area contributed by atoms with Gasteiger partial charge in [-0.2, -0.15) is 0 Å². The first-order valence-electron chi connectivity index (χ1n) is 8.56. The standard InChI is InChI=1S/C20H17N5O2S/c1-10-23-18(9-28-10)20(27)25-17-6-11(5-15(22)14(17)8-21)12-3-2-4-16-13(12)7-19(26)24-16/h2-6,8-9,21H,7,22H2,1H3,(H,24,26)(H,25,27). The molecule has 1 aliphatic heterocycles. The minimum absolute atomic E-state index is 0.0565. The van der Waals surface area contributed by atoms with Gasteiger partial charge < -0.3 is 21.8 Å². The van der Waals surface area contributed by atoms with Crippen LogP contribution in [-0.4, -0.2) is 23.0 Å². The van der Waals surface area contributed by atoms with E-state index >= 15 is 0 Å². The predicted octanol–water partition coefficient (Wildman–Crippen LogP) is 3.45. The fourth-order valence-corrected chi connectivity index (χ4v) is 3.86. The number of nitrogens with zero attached hydrogens (tertiary/aromatic N) is 1. The van der Waals surface area contributed by atoms with Crippen molar-refractivity contribution in [1.82, 2.24) is 4.98 Å². The van der Waals surface area contributed by atoms with Crippen LogP contribution in [0.1, 0.15) is 26.6 Å². The molecule has 140 valence electrons. The second kappa shape index (κ2) is 6.90. The summed E-state index contributed by atoms with van der Waals surface area (Å²) in [7, 11) is 0. The van der Waals surface area contributed by atoms with Crippen LogP contribution in [0.3, 0.4) is 0 Å². The normalized spacial score (nSPS) is 12.4. The van der Waals surface area contributed by atoms with Gasteiger partial charge >= 0.3 is 0 Å². The lowest BCUT2D eigenvalue weighted by atomic mass is 9.95. The molecule has 0 saturated carbocycles. The van der Waals surface area contributed by atoms with Crippen molar-refractivity contribution in [3.05, 3.63) is 57.5 Å². The molecule has 7 nitrogen and oxygen atoms in total. The van der Waals surface area contributed by atoms with Gasteiger partial charge in [0, 0.05) is 28.5 Å². The number of hydrogen-bond acceptors (Lipinski definition) is 6. The smallest absolute Gasteiger partial charge is 0.275 e. The summed E-state index contributed by atoms with van der Waals surface area (Å²) < 4.78 is 0. The molecule has 4 rings (SSSR count). The summed E-state index contributed by atoms with van der Waals surface area (Å²) in [5, 5.41) is 15.8. The van der Waals surface area contributed by atoms with Gasteiger partial charge in [-0.25, -0.2) is 4.98 Å². The monoisotopic (exact) mass is 391 g/mol. The molecule has 0 aliphatic carbocycles. The predicted molar refractivity (Wildman–Crippen MR) is 111 cm³/mol. The van der Waals surface area contributed by atoms with Crippen LogP contribution in [-0.2, 0) is 11.2 Å². The van der Waals surface area contributed by atoms with Crippen LogP contribution < -0.4 is 16.4 Å². The average molecular weight is 391 g/mol. The van der Waals surface area contributed by atoms with Crippen LogP contribution in [0.2, 0.25) is 0 Å². The molecule has 0 spiro atoms. The second-order valence-electron chi connectivity index (χ2n) is 6.43. The number of aromatic nitrogens is 1. The number of nitrogens with two attached hydrogens (primary N) is 1. The van der Waals surface area contributed by atoms with Gasteiger partial charge in [-0.05, 0) is 41.8 Å².